The molecule has 0 fully saturated rings. The first-order valence-electron chi connectivity index (χ1n) is 5.35. The minimum atomic E-state index is 0.233. The number of benzene rings is 1. The van der Waals surface area contributed by atoms with E-state index in [1.54, 1.807) is 11.3 Å². The van der Waals surface area contributed by atoms with E-state index >= 15 is 0 Å². The topological polar surface area (TPSA) is 45.2 Å². The van der Waals surface area contributed by atoms with Crippen LogP contribution in [-0.2, 0) is 13.1 Å². The van der Waals surface area contributed by atoms with Crippen LogP contribution in [0.1, 0.15) is 15.4 Å². The highest BCUT2D eigenvalue weighted by atomic mass is 79.9. The zero-order chi connectivity index (χ0) is 13.1. The second-order valence-corrected chi connectivity index (χ2v) is 6.89. The average molecular weight is 392 g/mol. The third kappa shape index (κ3) is 3.54. The molecular formula is C12H12Br2N2OS. The summed E-state index contributed by atoms with van der Waals surface area (Å²) >= 11 is 8.34. The van der Waals surface area contributed by atoms with Crippen LogP contribution in [0, 0.1) is 6.92 Å². The fourth-order valence-electron chi connectivity index (χ4n) is 1.54. The minimum Gasteiger partial charge on any atom is -0.506 e. The Morgan fingerprint density at radius 1 is 1.28 bits per heavy atom. The van der Waals surface area contributed by atoms with Gasteiger partial charge in [0.15, 0.2) is 0 Å². The molecule has 1 aromatic heterocycles. The van der Waals surface area contributed by atoms with Gasteiger partial charge in [0.1, 0.15) is 5.75 Å². The van der Waals surface area contributed by atoms with Crippen LogP contribution in [0.3, 0.4) is 0 Å². The monoisotopic (exact) mass is 390 g/mol. The summed E-state index contributed by atoms with van der Waals surface area (Å²) in [5, 5.41) is 14.1. The molecule has 0 amide bonds. The van der Waals surface area contributed by atoms with Gasteiger partial charge in [0.05, 0.1) is 14.0 Å². The van der Waals surface area contributed by atoms with E-state index in [0.29, 0.717) is 8.95 Å². The summed E-state index contributed by atoms with van der Waals surface area (Å²) in [6.45, 7) is 3.55. The molecule has 2 aromatic rings. The normalized spacial score (nSPS) is 10.8. The molecule has 0 saturated heterocycles. The van der Waals surface area contributed by atoms with Gasteiger partial charge in [0.2, 0.25) is 0 Å². The van der Waals surface area contributed by atoms with E-state index < -0.39 is 0 Å². The number of nitrogens with zero attached hydrogens (tertiary/aromatic N) is 1. The SMILES string of the molecule is Cc1ncc(CNCc2cc(Br)c(O)c(Br)c2)s1. The predicted octanol–water partition coefficient (Wildman–Crippen LogP) is 3.97. The Balaban J connectivity index is 1.94. The lowest BCUT2D eigenvalue weighted by Gasteiger charge is -2.07. The van der Waals surface area contributed by atoms with Gasteiger partial charge in [-0.1, -0.05) is 0 Å². The van der Waals surface area contributed by atoms with Crippen LogP contribution in [0.25, 0.3) is 0 Å². The van der Waals surface area contributed by atoms with E-state index in [1.165, 1.54) is 4.88 Å². The molecule has 0 aliphatic heterocycles. The number of phenolic OH excluding ortho intramolecular Hbond substituents is 1. The number of aryl methyl sites for hydroxylation is 1. The summed E-state index contributed by atoms with van der Waals surface area (Å²) in [5.41, 5.74) is 1.10. The number of aromatic hydroxyl groups is 1. The van der Waals surface area contributed by atoms with Crippen LogP contribution in [0.2, 0.25) is 0 Å². The fraction of sp³-hybridized carbons (Fsp3) is 0.250. The van der Waals surface area contributed by atoms with Gasteiger partial charge in [-0.05, 0) is 56.5 Å². The lowest BCUT2D eigenvalue weighted by Crippen LogP contribution is -2.11. The molecule has 2 rings (SSSR count). The number of halogens is 2. The first-order valence-corrected chi connectivity index (χ1v) is 7.75. The van der Waals surface area contributed by atoms with Crippen molar-refractivity contribution in [2.24, 2.45) is 0 Å². The molecule has 6 heteroatoms. The lowest BCUT2D eigenvalue weighted by molar-refractivity contribution is 0.468. The minimum absolute atomic E-state index is 0.233. The van der Waals surface area contributed by atoms with Gasteiger partial charge in [0.25, 0.3) is 0 Å². The fourth-order valence-corrected chi connectivity index (χ4v) is 3.58. The molecule has 0 atom stereocenters. The number of phenols is 1. The van der Waals surface area contributed by atoms with Crippen molar-refractivity contribution in [2.75, 3.05) is 0 Å². The summed E-state index contributed by atoms with van der Waals surface area (Å²) < 4.78 is 1.39. The van der Waals surface area contributed by atoms with Gasteiger partial charge >= 0.3 is 0 Å². The van der Waals surface area contributed by atoms with E-state index in [0.717, 1.165) is 23.7 Å². The van der Waals surface area contributed by atoms with E-state index in [9.17, 15) is 5.11 Å². The highest BCUT2D eigenvalue weighted by Crippen LogP contribution is 2.33. The molecule has 3 nitrogen and oxygen atoms in total. The van der Waals surface area contributed by atoms with Crippen LogP contribution in [0.4, 0.5) is 0 Å². The molecule has 0 radical (unpaired) electrons. The maximum atomic E-state index is 9.62. The van der Waals surface area contributed by atoms with E-state index in [4.69, 9.17) is 0 Å². The predicted molar refractivity (Wildman–Crippen MR) is 80.9 cm³/mol. The Labute approximate surface area is 127 Å². The Morgan fingerprint density at radius 3 is 2.50 bits per heavy atom. The van der Waals surface area contributed by atoms with Gasteiger partial charge in [-0.15, -0.1) is 11.3 Å². The maximum Gasteiger partial charge on any atom is 0.143 e. The zero-order valence-corrected chi connectivity index (χ0v) is 13.7. The van der Waals surface area contributed by atoms with Crippen molar-refractivity contribution in [3.05, 3.63) is 42.7 Å². The van der Waals surface area contributed by atoms with Gasteiger partial charge in [-0.2, -0.15) is 0 Å². The summed E-state index contributed by atoms with van der Waals surface area (Å²) in [6.07, 6.45) is 1.90. The number of nitrogens with one attached hydrogen (secondary N) is 1. The van der Waals surface area contributed by atoms with E-state index in [2.05, 4.69) is 42.2 Å². The van der Waals surface area contributed by atoms with Gasteiger partial charge in [0, 0.05) is 24.2 Å². The van der Waals surface area contributed by atoms with E-state index in [-0.39, 0.29) is 5.75 Å². The quantitative estimate of drug-likeness (QED) is 0.828. The van der Waals surface area contributed by atoms with Crippen molar-refractivity contribution in [3.63, 3.8) is 0 Å². The molecule has 2 N–H and O–H groups in total. The molecule has 0 bridgehead atoms. The molecule has 1 heterocycles. The average Bonchev–Trinajstić information content (AvgIpc) is 2.72. The molecule has 96 valence electrons. The molecule has 0 spiro atoms. The third-order valence-electron chi connectivity index (χ3n) is 2.37. The Hall–Kier alpha value is -0.430. The molecule has 0 aliphatic rings. The number of hydrogen-bond acceptors (Lipinski definition) is 4. The van der Waals surface area contributed by atoms with Crippen molar-refractivity contribution in [3.8, 4) is 5.75 Å². The molecule has 18 heavy (non-hydrogen) atoms. The first-order chi connectivity index (χ1) is 8.56. The van der Waals surface area contributed by atoms with Crippen molar-refractivity contribution in [1.82, 2.24) is 10.3 Å². The van der Waals surface area contributed by atoms with Crippen LogP contribution < -0.4 is 5.32 Å². The molecular weight excluding hydrogens is 380 g/mol. The summed E-state index contributed by atoms with van der Waals surface area (Å²) in [6, 6.07) is 3.82. The second-order valence-electron chi connectivity index (χ2n) is 3.86. The van der Waals surface area contributed by atoms with E-state index in [1.807, 2.05) is 25.3 Å². The zero-order valence-electron chi connectivity index (χ0n) is 9.70. The maximum absolute atomic E-state index is 9.62. The first kappa shape index (κ1) is 14.0. The lowest BCUT2D eigenvalue weighted by atomic mass is 10.2. The van der Waals surface area contributed by atoms with Crippen molar-refractivity contribution in [1.29, 1.82) is 0 Å². The van der Waals surface area contributed by atoms with Crippen LogP contribution in [0.5, 0.6) is 5.75 Å². The van der Waals surface area contributed by atoms with Crippen LogP contribution in [-0.4, -0.2) is 10.1 Å². The number of hydrogen-bond donors (Lipinski definition) is 2. The second kappa shape index (κ2) is 6.14. The van der Waals surface area contributed by atoms with Crippen molar-refractivity contribution >= 4 is 43.2 Å². The summed E-state index contributed by atoms with van der Waals surface area (Å²) in [5.74, 6) is 0.233. The molecule has 0 unspecified atom stereocenters. The molecule has 1 aromatic carbocycles. The molecule has 0 saturated carbocycles. The smallest absolute Gasteiger partial charge is 0.143 e. The van der Waals surface area contributed by atoms with Crippen LogP contribution >= 0.6 is 43.2 Å². The van der Waals surface area contributed by atoms with Gasteiger partial charge in [-0.3, -0.25) is 0 Å². The highest BCUT2D eigenvalue weighted by molar-refractivity contribution is 9.11. The standard InChI is InChI=1S/C12H12Br2N2OS/c1-7-16-6-9(18-7)5-15-4-8-2-10(13)12(17)11(14)3-8/h2-3,6,15,17H,4-5H2,1H3. The third-order valence-corrected chi connectivity index (χ3v) is 4.50. The van der Waals surface area contributed by atoms with Crippen molar-refractivity contribution < 1.29 is 5.11 Å². The van der Waals surface area contributed by atoms with Gasteiger partial charge < -0.3 is 10.4 Å². The summed E-state index contributed by atoms with van der Waals surface area (Å²) in [7, 11) is 0. The number of aromatic nitrogens is 1. The largest absolute Gasteiger partial charge is 0.506 e. The Morgan fingerprint density at radius 2 is 1.94 bits per heavy atom. The highest BCUT2D eigenvalue weighted by Gasteiger charge is 2.06. The number of rotatable bonds is 4. The Kier molecular flexibility index (Phi) is 4.77. The van der Waals surface area contributed by atoms with Crippen molar-refractivity contribution in [2.45, 2.75) is 20.0 Å². The molecule has 0 aliphatic carbocycles. The van der Waals surface area contributed by atoms with Gasteiger partial charge in [-0.25, -0.2) is 4.98 Å². The number of thiazole rings is 1. The summed E-state index contributed by atoms with van der Waals surface area (Å²) in [4.78, 5) is 5.44. The van der Waals surface area contributed by atoms with Crippen LogP contribution in [0.15, 0.2) is 27.3 Å². The Bertz CT molecular complexity index is 534.